The molecule has 128 valence electrons. The summed E-state index contributed by atoms with van der Waals surface area (Å²) in [6, 6.07) is 4.62. The molecule has 1 fully saturated rings. The van der Waals surface area contributed by atoms with Crippen LogP contribution in [0.25, 0.3) is 5.69 Å². The topological polar surface area (TPSA) is 72.9 Å². The second kappa shape index (κ2) is 6.36. The van der Waals surface area contributed by atoms with Gasteiger partial charge in [0.15, 0.2) is 5.82 Å². The lowest BCUT2D eigenvalue weighted by Gasteiger charge is -2.37. The van der Waals surface area contributed by atoms with Gasteiger partial charge >= 0.3 is 0 Å². The quantitative estimate of drug-likeness (QED) is 0.908. The van der Waals surface area contributed by atoms with Gasteiger partial charge in [0.2, 0.25) is 5.91 Å². The Morgan fingerprint density at radius 1 is 1.46 bits per heavy atom. The van der Waals surface area contributed by atoms with Crippen LogP contribution in [0.2, 0.25) is 0 Å². The van der Waals surface area contributed by atoms with Crippen molar-refractivity contribution in [2.45, 2.75) is 45.1 Å². The summed E-state index contributed by atoms with van der Waals surface area (Å²) in [6.45, 7) is 3.81. The van der Waals surface area contributed by atoms with Gasteiger partial charge in [-0.25, -0.2) is 9.07 Å². The van der Waals surface area contributed by atoms with E-state index >= 15 is 0 Å². The summed E-state index contributed by atoms with van der Waals surface area (Å²) in [6.07, 6.45) is 7.06. The standard InChI is InChI=1S/C18H23FN4O/c1-12-10-21-23(11-12)16-7-6-13(9-15(16)19)22-17(24)14-5-3-4-8-18(14,2)20/h6-7,9-11,14H,3-5,8,20H2,1-2H3,(H,22,24). The molecule has 1 aliphatic carbocycles. The second-order valence-electron chi connectivity index (χ2n) is 6.92. The maximum absolute atomic E-state index is 14.4. The Morgan fingerprint density at radius 2 is 2.25 bits per heavy atom. The van der Waals surface area contributed by atoms with Gasteiger partial charge in [-0.3, -0.25) is 4.79 Å². The number of nitrogens with zero attached hydrogens (tertiary/aromatic N) is 2. The Hall–Kier alpha value is -2.21. The van der Waals surface area contributed by atoms with E-state index in [0.717, 1.165) is 31.2 Å². The highest BCUT2D eigenvalue weighted by Gasteiger charge is 2.37. The van der Waals surface area contributed by atoms with Crippen LogP contribution in [-0.4, -0.2) is 21.2 Å². The van der Waals surface area contributed by atoms with Crippen molar-refractivity contribution < 1.29 is 9.18 Å². The lowest BCUT2D eigenvalue weighted by Crippen LogP contribution is -2.51. The third-order valence-corrected chi connectivity index (χ3v) is 4.74. The number of hydrogen-bond acceptors (Lipinski definition) is 3. The SMILES string of the molecule is Cc1cnn(-c2ccc(NC(=O)C3CCCCC3(C)N)cc2F)c1. The molecule has 2 aromatic rings. The first kappa shape index (κ1) is 16.6. The summed E-state index contributed by atoms with van der Waals surface area (Å²) >= 11 is 0. The normalized spacial score (nSPS) is 23.9. The molecule has 1 heterocycles. The van der Waals surface area contributed by atoms with E-state index in [1.807, 2.05) is 13.8 Å². The molecule has 6 heteroatoms. The van der Waals surface area contributed by atoms with Crippen LogP contribution >= 0.6 is 0 Å². The number of amides is 1. The zero-order valence-electron chi connectivity index (χ0n) is 14.1. The average molecular weight is 330 g/mol. The van der Waals surface area contributed by atoms with Crippen molar-refractivity contribution in [3.63, 3.8) is 0 Å². The number of carbonyl (C=O) groups is 1. The van der Waals surface area contributed by atoms with Crippen molar-refractivity contribution in [3.8, 4) is 5.69 Å². The molecule has 0 spiro atoms. The first-order valence-corrected chi connectivity index (χ1v) is 8.28. The monoisotopic (exact) mass is 330 g/mol. The zero-order valence-corrected chi connectivity index (χ0v) is 14.1. The van der Waals surface area contributed by atoms with Crippen LogP contribution in [-0.2, 0) is 4.79 Å². The predicted octanol–water partition coefficient (Wildman–Crippen LogP) is 3.17. The smallest absolute Gasteiger partial charge is 0.229 e. The molecule has 1 amide bonds. The zero-order chi connectivity index (χ0) is 17.3. The van der Waals surface area contributed by atoms with Gasteiger partial charge in [0.1, 0.15) is 5.69 Å². The van der Waals surface area contributed by atoms with Crippen molar-refractivity contribution in [1.82, 2.24) is 9.78 Å². The first-order valence-electron chi connectivity index (χ1n) is 8.28. The van der Waals surface area contributed by atoms with Gasteiger partial charge in [-0.15, -0.1) is 0 Å². The number of carbonyl (C=O) groups excluding carboxylic acids is 1. The highest BCUT2D eigenvalue weighted by Crippen LogP contribution is 2.32. The van der Waals surface area contributed by atoms with Crippen LogP contribution in [0.5, 0.6) is 0 Å². The number of anilines is 1. The minimum atomic E-state index is -0.507. The van der Waals surface area contributed by atoms with E-state index in [9.17, 15) is 9.18 Å². The van der Waals surface area contributed by atoms with Gasteiger partial charge < -0.3 is 11.1 Å². The molecule has 24 heavy (non-hydrogen) atoms. The van der Waals surface area contributed by atoms with E-state index < -0.39 is 11.4 Å². The van der Waals surface area contributed by atoms with E-state index in [1.54, 1.807) is 24.5 Å². The molecule has 0 aliphatic heterocycles. The lowest BCUT2D eigenvalue weighted by atomic mass is 9.74. The van der Waals surface area contributed by atoms with Gasteiger partial charge in [-0.1, -0.05) is 12.8 Å². The number of hydrogen-bond donors (Lipinski definition) is 2. The minimum Gasteiger partial charge on any atom is -0.326 e. The maximum Gasteiger partial charge on any atom is 0.229 e. The Bertz CT molecular complexity index is 753. The average Bonchev–Trinajstić information content (AvgIpc) is 2.93. The number of aryl methyl sites for hydroxylation is 1. The van der Waals surface area contributed by atoms with Crippen LogP contribution in [0.4, 0.5) is 10.1 Å². The van der Waals surface area contributed by atoms with E-state index in [1.165, 1.54) is 10.7 Å². The van der Waals surface area contributed by atoms with Gasteiger partial charge in [0.25, 0.3) is 0 Å². The van der Waals surface area contributed by atoms with Gasteiger partial charge in [-0.05, 0) is 50.5 Å². The van der Waals surface area contributed by atoms with Crippen LogP contribution in [0, 0.1) is 18.7 Å². The molecule has 1 aliphatic rings. The van der Waals surface area contributed by atoms with E-state index in [2.05, 4.69) is 10.4 Å². The molecule has 1 aromatic heterocycles. The van der Waals surface area contributed by atoms with Crippen LogP contribution in [0.1, 0.15) is 38.2 Å². The molecule has 1 aromatic carbocycles. The molecule has 3 N–H and O–H groups in total. The molecular formula is C18H23FN4O. The molecule has 0 radical (unpaired) electrons. The largest absolute Gasteiger partial charge is 0.326 e. The Labute approximate surface area is 141 Å². The van der Waals surface area contributed by atoms with E-state index in [-0.39, 0.29) is 11.8 Å². The van der Waals surface area contributed by atoms with E-state index in [4.69, 9.17) is 5.73 Å². The van der Waals surface area contributed by atoms with Crippen molar-refractivity contribution in [2.24, 2.45) is 11.7 Å². The Balaban J connectivity index is 1.76. The number of benzene rings is 1. The molecule has 1 saturated carbocycles. The van der Waals surface area contributed by atoms with Gasteiger partial charge in [0.05, 0.1) is 12.1 Å². The molecular weight excluding hydrogens is 307 g/mol. The van der Waals surface area contributed by atoms with Crippen LogP contribution < -0.4 is 11.1 Å². The predicted molar refractivity (Wildman–Crippen MR) is 91.4 cm³/mol. The highest BCUT2D eigenvalue weighted by molar-refractivity contribution is 5.93. The van der Waals surface area contributed by atoms with E-state index in [0.29, 0.717) is 11.4 Å². The number of nitrogens with one attached hydrogen (secondary N) is 1. The fraction of sp³-hybridized carbons (Fsp3) is 0.444. The lowest BCUT2D eigenvalue weighted by molar-refractivity contribution is -0.122. The Morgan fingerprint density at radius 3 is 2.88 bits per heavy atom. The second-order valence-corrected chi connectivity index (χ2v) is 6.92. The van der Waals surface area contributed by atoms with Crippen LogP contribution in [0.3, 0.4) is 0 Å². The number of aromatic nitrogens is 2. The summed E-state index contributed by atoms with van der Waals surface area (Å²) in [5.74, 6) is -0.820. The van der Waals surface area contributed by atoms with Crippen molar-refractivity contribution in [1.29, 1.82) is 0 Å². The van der Waals surface area contributed by atoms with Crippen molar-refractivity contribution in [2.75, 3.05) is 5.32 Å². The van der Waals surface area contributed by atoms with Crippen molar-refractivity contribution >= 4 is 11.6 Å². The number of rotatable bonds is 3. The molecule has 0 bridgehead atoms. The molecule has 0 saturated heterocycles. The van der Waals surface area contributed by atoms with Crippen LogP contribution in [0.15, 0.2) is 30.6 Å². The fourth-order valence-electron chi connectivity index (χ4n) is 3.33. The fourth-order valence-corrected chi connectivity index (χ4v) is 3.33. The third-order valence-electron chi connectivity index (χ3n) is 4.74. The molecule has 2 unspecified atom stereocenters. The Kier molecular flexibility index (Phi) is 4.41. The van der Waals surface area contributed by atoms with Gasteiger partial charge in [0, 0.05) is 17.4 Å². The minimum absolute atomic E-state index is 0.137. The molecule has 3 rings (SSSR count). The summed E-state index contributed by atoms with van der Waals surface area (Å²) in [7, 11) is 0. The third kappa shape index (κ3) is 3.33. The van der Waals surface area contributed by atoms with Gasteiger partial charge in [-0.2, -0.15) is 5.10 Å². The highest BCUT2D eigenvalue weighted by atomic mass is 19.1. The van der Waals surface area contributed by atoms with Crippen molar-refractivity contribution in [3.05, 3.63) is 42.0 Å². The first-order chi connectivity index (χ1) is 11.4. The summed E-state index contributed by atoms with van der Waals surface area (Å²) in [4.78, 5) is 12.5. The molecule has 2 atom stereocenters. The number of nitrogens with two attached hydrogens (primary N) is 1. The maximum atomic E-state index is 14.4. The summed E-state index contributed by atoms with van der Waals surface area (Å²) in [5, 5.41) is 6.91. The summed E-state index contributed by atoms with van der Waals surface area (Å²) < 4.78 is 15.8. The summed E-state index contributed by atoms with van der Waals surface area (Å²) in [5.41, 5.74) is 7.49. The number of halogens is 1. The molecule has 5 nitrogen and oxygen atoms in total.